The van der Waals surface area contributed by atoms with Gasteiger partial charge in [0, 0.05) is 37.7 Å². The van der Waals surface area contributed by atoms with Crippen LogP contribution in [0.25, 0.3) is 0 Å². The summed E-state index contributed by atoms with van der Waals surface area (Å²) >= 11 is 0. The van der Waals surface area contributed by atoms with E-state index in [1.807, 2.05) is 11.9 Å². The maximum absolute atomic E-state index is 12.8. The Morgan fingerprint density at radius 3 is 2.67 bits per heavy atom. The van der Waals surface area contributed by atoms with Crippen molar-refractivity contribution >= 4 is 24.2 Å². The first-order chi connectivity index (χ1) is 11.1. The number of carbonyl (C=O) groups is 2. The molecule has 1 aromatic rings. The lowest BCUT2D eigenvalue weighted by Gasteiger charge is -2.32. The second-order valence-corrected chi connectivity index (χ2v) is 5.83. The van der Waals surface area contributed by atoms with Gasteiger partial charge >= 0.3 is 0 Å². The van der Waals surface area contributed by atoms with Gasteiger partial charge in [-0.25, -0.2) is 4.39 Å². The number of piperidine rings is 1. The molecule has 0 bridgehead atoms. The third kappa shape index (κ3) is 6.09. The molecule has 7 heteroatoms. The molecule has 1 atom stereocenters. The molecule has 1 aliphatic heterocycles. The number of likely N-dealkylation sites (N-methyl/N-ethyl adjacent to an activating group) is 1. The maximum atomic E-state index is 12.8. The predicted octanol–water partition coefficient (Wildman–Crippen LogP) is 1.97. The Morgan fingerprint density at radius 2 is 2.00 bits per heavy atom. The lowest BCUT2D eigenvalue weighted by molar-refractivity contribution is -0.132. The molecule has 2 amide bonds. The summed E-state index contributed by atoms with van der Waals surface area (Å²) in [7, 11) is 1.92. The molecule has 24 heavy (non-hydrogen) atoms. The van der Waals surface area contributed by atoms with Gasteiger partial charge in [0.25, 0.3) is 5.91 Å². The number of nitrogens with zero attached hydrogens (tertiary/aromatic N) is 1. The Hall–Kier alpha value is -1.66. The number of hydrogen-bond acceptors (Lipinski definition) is 3. The summed E-state index contributed by atoms with van der Waals surface area (Å²) < 4.78 is 12.8. The van der Waals surface area contributed by atoms with E-state index in [0.29, 0.717) is 31.0 Å². The third-order valence-electron chi connectivity index (χ3n) is 4.14. The second kappa shape index (κ2) is 10.3. The van der Waals surface area contributed by atoms with E-state index in [1.165, 1.54) is 24.3 Å². The Kier molecular flexibility index (Phi) is 8.71. The van der Waals surface area contributed by atoms with Crippen LogP contribution in [0.4, 0.5) is 4.39 Å². The first-order valence-corrected chi connectivity index (χ1v) is 8.09. The summed E-state index contributed by atoms with van der Waals surface area (Å²) in [5.41, 5.74) is 0.422. The van der Waals surface area contributed by atoms with Crippen LogP contribution < -0.4 is 10.6 Å². The highest BCUT2D eigenvalue weighted by Crippen LogP contribution is 2.11. The molecule has 1 unspecified atom stereocenters. The predicted molar refractivity (Wildman–Crippen MR) is 93.9 cm³/mol. The lowest BCUT2D eigenvalue weighted by atomic mass is 10.1. The lowest BCUT2D eigenvalue weighted by Crippen LogP contribution is -2.47. The van der Waals surface area contributed by atoms with Gasteiger partial charge in [0.1, 0.15) is 5.82 Å². The normalized spacial score (nSPS) is 17.1. The van der Waals surface area contributed by atoms with Gasteiger partial charge in [0.15, 0.2) is 0 Å². The van der Waals surface area contributed by atoms with E-state index >= 15 is 0 Å². The summed E-state index contributed by atoms with van der Waals surface area (Å²) in [6.07, 6.45) is 3.17. The number of carbonyl (C=O) groups excluding carboxylic acids is 2. The third-order valence-corrected chi connectivity index (χ3v) is 4.14. The monoisotopic (exact) mass is 357 g/mol. The zero-order chi connectivity index (χ0) is 16.7. The van der Waals surface area contributed by atoms with Crippen molar-refractivity contribution < 1.29 is 14.0 Å². The van der Waals surface area contributed by atoms with Crippen molar-refractivity contribution in [3.63, 3.8) is 0 Å². The van der Waals surface area contributed by atoms with Gasteiger partial charge in [-0.1, -0.05) is 0 Å². The molecule has 5 nitrogen and oxygen atoms in total. The fourth-order valence-corrected chi connectivity index (χ4v) is 2.74. The van der Waals surface area contributed by atoms with Crippen molar-refractivity contribution in [2.24, 2.45) is 0 Å². The number of benzene rings is 1. The SMILES string of the molecule is CNC1CCCN(C(=O)CCCNC(=O)c2ccc(F)cc2)C1.Cl. The van der Waals surface area contributed by atoms with Gasteiger partial charge < -0.3 is 15.5 Å². The van der Waals surface area contributed by atoms with E-state index in [2.05, 4.69) is 10.6 Å². The van der Waals surface area contributed by atoms with Gasteiger partial charge in [0.05, 0.1) is 0 Å². The molecular formula is C17H25ClFN3O2. The molecule has 2 rings (SSSR count). The standard InChI is InChI=1S/C17H24FN3O2.ClH/c1-19-15-4-3-11-21(12-15)16(22)5-2-10-20-17(23)13-6-8-14(18)9-7-13;/h6-9,15,19H,2-5,10-12H2,1H3,(H,20,23);1H. The highest BCUT2D eigenvalue weighted by atomic mass is 35.5. The molecule has 2 N–H and O–H groups in total. The van der Waals surface area contributed by atoms with Gasteiger partial charge in [-0.15, -0.1) is 12.4 Å². The van der Waals surface area contributed by atoms with Crippen LogP contribution in [-0.4, -0.2) is 49.4 Å². The fourth-order valence-electron chi connectivity index (χ4n) is 2.74. The molecule has 0 radical (unpaired) electrons. The minimum Gasteiger partial charge on any atom is -0.352 e. The van der Waals surface area contributed by atoms with Crippen molar-refractivity contribution in [3.05, 3.63) is 35.6 Å². The average Bonchev–Trinajstić information content (AvgIpc) is 2.59. The quantitative estimate of drug-likeness (QED) is 0.765. The highest BCUT2D eigenvalue weighted by molar-refractivity contribution is 5.94. The van der Waals surface area contributed by atoms with Crippen LogP contribution in [0.2, 0.25) is 0 Å². The van der Waals surface area contributed by atoms with Gasteiger partial charge in [-0.2, -0.15) is 0 Å². The molecule has 0 spiro atoms. The number of nitrogens with one attached hydrogen (secondary N) is 2. The van der Waals surface area contributed by atoms with E-state index in [4.69, 9.17) is 0 Å². The largest absolute Gasteiger partial charge is 0.352 e. The van der Waals surface area contributed by atoms with Gasteiger partial charge in [-0.3, -0.25) is 9.59 Å². The number of amides is 2. The average molecular weight is 358 g/mol. The Bertz CT molecular complexity index is 539. The maximum Gasteiger partial charge on any atom is 0.251 e. The Labute approximate surface area is 148 Å². The summed E-state index contributed by atoms with van der Waals surface area (Å²) in [6, 6.07) is 5.79. The second-order valence-electron chi connectivity index (χ2n) is 5.83. The van der Waals surface area contributed by atoms with Crippen molar-refractivity contribution in [2.75, 3.05) is 26.7 Å². The zero-order valence-electron chi connectivity index (χ0n) is 13.9. The van der Waals surface area contributed by atoms with Crippen molar-refractivity contribution in [3.8, 4) is 0 Å². The fraction of sp³-hybridized carbons (Fsp3) is 0.529. The van der Waals surface area contributed by atoms with Crippen molar-refractivity contribution in [2.45, 2.75) is 31.7 Å². The smallest absolute Gasteiger partial charge is 0.251 e. The number of hydrogen-bond donors (Lipinski definition) is 2. The van der Waals surface area contributed by atoms with E-state index in [1.54, 1.807) is 0 Å². The topological polar surface area (TPSA) is 61.4 Å². The minimum absolute atomic E-state index is 0. The summed E-state index contributed by atoms with van der Waals surface area (Å²) in [4.78, 5) is 25.9. The van der Waals surface area contributed by atoms with Crippen LogP contribution in [0.3, 0.4) is 0 Å². The van der Waals surface area contributed by atoms with Crippen LogP contribution in [0.5, 0.6) is 0 Å². The minimum atomic E-state index is -0.367. The number of halogens is 2. The van der Waals surface area contributed by atoms with Gasteiger partial charge in [0.2, 0.25) is 5.91 Å². The molecule has 0 aromatic heterocycles. The number of likely N-dealkylation sites (tertiary alicyclic amines) is 1. The Balaban J connectivity index is 0.00000288. The molecular weight excluding hydrogens is 333 g/mol. The van der Waals surface area contributed by atoms with Crippen molar-refractivity contribution in [1.29, 1.82) is 0 Å². The summed E-state index contributed by atoms with van der Waals surface area (Å²) in [6.45, 7) is 2.02. The van der Waals surface area contributed by atoms with Crippen molar-refractivity contribution in [1.82, 2.24) is 15.5 Å². The van der Waals surface area contributed by atoms with E-state index in [-0.39, 0.29) is 30.0 Å². The van der Waals surface area contributed by atoms with E-state index < -0.39 is 0 Å². The first-order valence-electron chi connectivity index (χ1n) is 8.09. The molecule has 1 heterocycles. The van der Waals surface area contributed by atoms with Crippen LogP contribution in [0, 0.1) is 5.82 Å². The summed E-state index contributed by atoms with van der Waals surface area (Å²) in [5, 5.41) is 5.97. The summed E-state index contributed by atoms with van der Waals surface area (Å²) in [5.74, 6) is -0.472. The number of rotatable bonds is 6. The molecule has 0 aliphatic carbocycles. The van der Waals surface area contributed by atoms with E-state index in [0.717, 1.165) is 25.9 Å². The zero-order valence-corrected chi connectivity index (χ0v) is 14.7. The van der Waals surface area contributed by atoms with Crippen LogP contribution in [-0.2, 0) is 4.79 Å². The Morgan fingerprint density at radius 1 is 1.29 bits per heavy atom. The van der Waals surface area contributed by atoms with Crippen LogP contribution >= 0.6 is 12.4 Å². The van der Waals surface area contributed by atoms with Gasteiger partial charge in [-0.05, 0) is 50.6 Å². The molecule has 1 saturated heterocycles. The molecule has 1 aromatic carbocycles. The molecule has 1 fully saturated rings. The first kappa shape index (κ1) is 20.4. The molecule has 1 aliphatic rings. The highest BCUT2D eigenvalue weighted by Gasteiger charge is 2.21. The van der Waals surface area contributed by atoms with E-state index in [9.17, 15) is 14.0 Å². The van der Waals surface area contributed by atoms with Crippen LogP contribution in [0.1, 0.15) is 36.0 Å². The molecule has 0 saturated carbocycles. The molecule has 134 valence electrons. The van der Waals surface area contributed by atoms with Crippen LogP contribution in [0.15, 0.2) is 24.3 Å².